The molecule has 3 unspecified atom stereocenters. The fourth-order valence-electron chi connectivity index (χ4n) is 16.0. The summed E-state index contributed by atoms with van der Waals surface area (Å²) in [7, 11) is 0. The van der Waals surface area contributed by atoms with Crippen molar-refractivity contribution >= 4 is 0 Å². The topological polar surface area (TPSA) is 83.9 Å². The van der Waals surface area contributed by atoms with Crippen molar-refractivity contribution in [3.63, 3.8) is 0 Å². The van der Waals surface area contributed by atoms with E-state index in [1.165, 1.54) is 38.5 Å². The molecule has 304 valence electrons. The molecular formula is C45H78N2O6. The fourth-order valence-corrected chi connectivity index (χ4v) is 16.0. The molecule has 53 heavy (non-hydrogen) atoms. The Bertz CT molecular complexity index is 1390. The highest BCUT2D eigenvalue weighted by Gasteiger charge is 2.84. The number of rotatable bonds is 8. The van der Waals surface area contributed by atoms with Crippen LogP contribution < -0.4 is 0 Å². The minimum atomic E-state index is -1.01. The smallest absolute Gasteiger partial charge is 0.170 e. The molecule has 0 aromatic heterocycles. The van der Waals surface area contributed by atoms with E-state index in [9.17, 15) is 10.2 Å². The van der Waals surface area contributed by atoms with Crippen LogP contribution in [-0.2, 0) is 18.9 Å². The molecule has 0 aromatic carbocycles. The van der Waals surface area contributed by atoms with E-state index in [4.69, 9.17) is 18.9 Å². The number of hydrogen-bond donors (Lipinski definition) is 2. The number of fused-ring (bicyclic) bond motifs is 4. The molecule has 8 heteroatoms. The summed E-state index contributed by atoms with van der Waals surface area (Å²) in [5, 5.41) is 23.8. The lowest BCUT2D eigenvalue weighted by Gasteiger charge is -2.64. The third-order valence-corrected chi connectivity index (χ3v) is 18.1. The second-order valence-electron chi connectivity index (χ2n) is 23.2. The van der Waals surface area contributed by atoms with Gasteiger partial charge >= 0.3 is 0 Å². The van der Waals surface area contributed by atoms with Crippen LogP contribution in [0.3, 0.4) is 0 Å². The molecule has 0 amide bonds. The van der Waals surface area contributed by atoms with Crippen molar-refractivity contribution in [2.45, 2.75) is 182 Å². The molecular weight excluding hydrogens is 665 g/mol. The lowest BCUT2D eigenvalue weighted by atomic mass is 9.41. The van der Waals surface area contributed by atoms with Gasteiger partial charge in [-0.2, -0.15) is 0 Å². The van der Waals surface area contributed by atoms with E-state index in [2.05, 4.69) is 72.1 Å². The maximum atomic E-state index is 12.7. The summed E-state index contributed by atoms with van der Waals surface area (Å²) in [6.07, 6.45) is 8.07. The highest BCUT2D eigenvalue weighted by Crippen LogP contribution is 2.89. The summed E-state index contributed by atoms with van der Waals surface area (Å²) < 4.78 is 26.6. The summed E-state index contributed by atoms with van der Waals surface area (Å²) in [6.45, 7) is 34.1. The molecule has 8 aliphatic rings. The number of nitrogens with zero attached hydrogens (tertiary/aromatic N) is 2. The van der Waals surface area contributed by atoms with Gasteiger partial charge in [-0.1, -0.05) is 55.4 Å². The van der Waals surface area contributed by atoms with Gasteiger partial charge in [-0.3, -0.25) is 9.80 Å². The number of hydrogen-bond acceptors (Lipinski definition) is 8. The van der Waals surface area contributed by atoms with Gasteiger partial charge in [0.1, 0.15) is 6.10 Å². The maximum absolute atomic E-state index is 12.7. The average Bonchev–Trinajstić information content (AvgIpc) is 3.67. The molecule has 8 rings (SSSR count). The fraction of sp³-hybridized carbons (Fsp3) is 1.00. The first-order chi connectivity index (χ1) is 24.6. The van der Waals surface area contributed by atoms with E-state index in [1.54, 1.807) is 0 Å². The normalized spacial score (nSPS) is 49.8. The number of ether oxygens (including phenoxy) is 4. The van der Waals surface area contributed by atoms with Crippen molar-refractivity contribution in [3.05, 3.63) is 0 Å². The molecule has 0 aromatic rings. The Balaban J connectivity index is 0.972. The molecule has 2 N–H and O–H groups in total. The summed E-state index contributed by atoms with van der Waals surface area (Å²) in [5.74, 6) is 1.84. The van der Waals surface area contributed by atoms with Gasteiger partial charge in [0.05, 0.1) is 43.2 Å². The molecule has 14 atom stereocenters. The van der Waals surface area contributed by atoms with E-state index in [1.807, 2.05) is 20.8 Å². The van der Waals surface area contributed by atoms with Gasteiger partial charge in [0.2, 0.25) is 0 Å². The zero-order valence-electron chi connectivity index (χ0n) is 35.8. The first-order valence-corrected chi connectivity index (χ1v) is 22.0. The molecule has 5 saturated carbocycles. The van der Waals surface area contributed by atoms with Crippen LogP contribution in [0.25, 0.3) is 0 Å². The molecule has 3 aliphatic heterocycles. The first kappa shape index (κ1) is 39.5. The monoisotopic (exact) mass is 743 g/mol. The summed E-state index contributed by atoms with van der Waals surface area (Å²) >= 11 is 0. The Morgan fingerprint density at radius 1 is 0.925 bits per heavy atom. The van der Waals surface area contributed by atoms with Crippen molar-refractivity contribution in [2.24, 2.45) is 56.2 Å². The van der Waals surface area contributed by atoms with Crippen LogP contribution in [0, 0.1) is 56.2 Å². The Kier molecular flexibility index (Phi) is 9.38. The quantitative estimate of drug-likeness (QED) is 0.272. The molecule has 0 bridgehead atoms. The predicted octanol–water partition coefficient (Wildman–Crippen LogP) is 7.14. The number of aliphatic hydroxyl groups excluding tert-OH is 1. The zero-order valence-corrected chi connectivity index (χ0v) is 35.8. The third-order valence-electron chi connectivity index (χ3n) is 18.1. The molecule has 5 aliphatic carbocycles. The second kappa shape index (κ2) is 12.6. The van der Waals surface area contributed by atoms with E-state index in [0.717, 1.165) is 52.2 Å². The van der Waals surface area contributed by atoms with Gasteiger partial charge in [0.15, 0.2) is 6.29 Å². The van der Waals surface area contributed by atoms with Gasteiger partial charge in [-0.15, -0.1) is 0 Å². The largest absolute Gasteiger partial charge is 0.390 e. The molecule has 0 radical (unpaired) electrons. The number of morpholine rings is 1. The van der Waals surface area contributed by atoms with Crippen LogP contribution in [0.2, 0.25) is 0 Å². The van der Waals surface area contributed by atoms with Crippen LogP contribution in [0.4, 0.5) is 0 Å². The highest BCUT2D eigenvalue weighted by atomic mass is 16.7. The first-order valence-electron chi connectivity index (χ1n) is 22.0. The van der Waals surface area contributed by atoms with Crippen molar-refractivity contribution in [1.82, 2.24) is 9.80 Å². The zero-order chi connectivity index (χ0) is 38.4. The predicted molar refractivity (Wildman–Crippen MR) is 208 cm³/mol. The molecule has 2 spiro atoms. The average molecular weight is 743 g/mol. The minimum Gasteiger partial charge on any atom is -0.390 e. The minimum absolute atomic E-state index is 0.0186. The van der Waals surface area contributed by atoms with Crippen molar-refractivity contribution in [2.75, 3.05) is 45.9 Å². The number of likely N-dealkylation sites (tertiary alicyclic amines) is 1. The van der Waals surface area contributed by atoms with Gasteiger partial charge in [-0.25, -0.2) is 0 Å². The number of aliphatic hydroxyl groups is 2. The van der Waals surface area contributed by atoms with Crippen LogP contribution in [0.5, 0.6) is 0 Å². The third kappa shape index (κ3) is 5.69. The summed E-state index contributed by atoms with van der Waals surface area (Å²) in [5.41, 5.74) is 0.0651. The van der Waals surface area contributed by atoms with E-state index >= 15 is 0 Å². The summed E-state index contributed by atoms with van der Waals surface area (Å²) in [4.78, 5) is 5.28. The SMILES string of the molecule is CCO[C@@H](C1C[C@@H](C)[C@H]2C(O1)[C@H](O)[C@@]1(C)C3CC[C@H]4C(C)(C)[C@@H](O[C@H]5CN(C6(C)CN(CC(C)(C)C)C6)CCO5)CC[C@@]45C[C@@]35CC[C@]21C)C(C)(C)O. The van der Waals surface area contributed by atoms with Crippen LogP contribution in [-0.4, -0.2) is 114 Å². The molecule has 3 saturated heterocycles. The molecule has 8 nitrogen and oxygen atoms in total. The second-order valence-corrected chi connectivity index (χ2v) is 23.2. The Labute approximate surface area is 322 Å². The Morgan fingerprint density at radius 3 is 2.26 bits per heavy atom. The molecule has 8 fully saturated rings. The maximum Gasteiger partial charge on any atom is 0.170 e. The van der Waals surface area contributed by atoms with Crippen LogP contribution in [0.15, 0.2) is 0 Å². The van der Waals surface area contributed by atoms with Crippen LogP contribution in [0.1, 0.15) is 134 Å². The van der Waals surface area contributed by atoms with Gasteiger partial charge in [-0.05, 0) is 130 Å². The van der Waals surface area contributed by atoms with Gasteiger partial charge in [0, 0.05) is 43.7 Å². The molecule has 3 heterocycles. The standard InChI is InChI=1S/C45H78N2O6/c1-13-50-37(40(8,9)49)29-22-28(2)34-35(52-29)36(48)43(12)31-15-14-30-39(6,7)32(16-17-44(30)24-45(31,44)19-18-42(34,43)11)53-33-23-47(20-21-51-33)41(10)26-46(27-41)25-38(3,4)5/h28-37,48-49H,13-27H2,1-12H3/t28-,29?,30+,31?,32+,33+,34+,35?,36+,37+,42-,43-,44-,45+/m1/s1. The van der Waals surface area contributed by atoms with Gasteiger partial charge < -0.3 is 29.2 Å². The lowest BCUT2D eigenvalue weighted by Crippen LogP contribution is -2.71. The van der Waals surface area contributed by atoms with Gasteiger partial charge in [0.25, 0.3) is 0 Å². The summed E-state index contributed by atoms with van der Waals surface area (Å²) in [6, 6.07) is 0. The van der Waals surface area contributed by atoms with Crippen LogP contribution >= 0.6 is 0 Å². The van der Waals surface area contributed by atoms with E-state index in [0.29, 0.717) is 46.5 Å². The van der Waals surface area contributed by atoms with Crippen molar-refractivity contribution in [1.29, 1.82) is 0 Å². The van der Waals surface area contributed by atoms with E-state index in [-0.39, 0.29) is 46.4 Å². The van der Waals surface area contributed by atoms with Crippen molar-refractivity contribution in [3.8, 4) is 0 Å². The Morgan fingerprint density at radius 2 is 1.60 bits per heavy atom. The Hall–Kier alpha value is -0.320. The van der Waals surface area contributed by atoms with Crippen molar-refractivity contribution < 1.29 is 29.2 Å². The van der Waals surface area contributed by atoms with E-state index < -0.39 is 17.8 Å². The lowest BCUT2D eigenvalue weighted by molar-refractivity contribution is -0.259. The highest BCUT2D eigenvalue weighted by molar-refractivity contribution is 5.33.